The first-order valence-electron chi connectivity index (χ1n) is 11.9. The number of nitrogens with zero attached hydrogens (tertiary/aromatic N) is 1. The fraction of sp³-hybridized carbons (Fsp3) is 1.00. The molecule has 0 radical (unpaired) electrons. The molecule has 188 valence electrons. The molecule has 0 saturated carbocycles. The van der Waals surface area contributed by atoms with Crippen molar-refractivity contribution in [1.82, 2.24) is 0 Å². The van der Waals surface area contributed by atoms with E-state index in [4.69, 9.17) is 13.9 Å². The summed E-state index contributed by atoms with van der Waals surface area (Å²) in [5.74, 6) is 0. The van der Waals surface area contributed by atoms with Gasteiger partial charge in [-0.1, -0.05) is 77.0 Å². The van der Waals surface area contributed by atoms with Gasteiger partial charge in [0.1, 0.15) is 13.2 Å². The quantitative estimate of drug-likeness (QED) is 0.108. The Morgan fingerprint density at radius 1 is 0.677 bits per heavy atom. The van der Waals surface area contributed by atoms with Crippen molar-refractivity contribution in [2.24, 2.45) is 0 Å². The summed E-state index contributed by atoms with van der Waals surface area (Å²) in [5.41, 5.74) is 0. The second-order valence-corrected chi connectivity index (χ2v) is 11.5. The van der Waals surface area contributed by atoms with E-state index in [-0.39, 0.29) is 13.2 Å². The van der Waals surface area contributed by atoms with Gasteiger partial charge in [-0.15, -0.1) is 0 Å². The van der Waals surface area contributed by atoms with Crippen LogP contribution in [0.5, 0.6) is 0 Å². The van der Waals surface area contributed by atoms with Crippen molar-refractivity contribution >= 4 is 16.1 Å². The summed E-state index contributed by atoms with van der Waals surface area (Å²) in [5, 5.41) is 0. The van der Waals surface area contributed by atoms with Crippen LogP contribution in [-0.2, 0) is 22.7 Å². The zero-order valence-electron chi connectivity index (χ0n) is 20.1. The molecule has 10 heteroatoms. The van der Waals surface area contributed by atoms with Gasteiger partial charge in [-0.3, -0.25) is 13.6 Å². The summed E-state index contributed by atoms with van der Waals surface area (Å²) < 4.78 is 37.5. The molecule has 31 heavy (non-hydrogen) atoms. The molecule has 8 nitrogen and oxygen atoms in total. The standard InChI is InChI=1S/C21H47NO7P2/c1-22(2,3)18-21-29-31(25,26)28-20-17-15-13-11-9-7-5-4-6-8-10-12-14-16-19-27-30(23)24/h30H,4-21H2,1-3H3,(H-,23,24,25,26)/p+1. The molecule has 0 spiro atoms. The monoisotopic (exact) mass is 488 g/mol. The Hall–Kier alpha value is 0.220. The second kappa shape index (κ2) is 19.7. The Balaban J connectivity index is 3.28. The first-order valence-corrected chi connectivity index (χ1v) is 14.7. The summed E-state index contributed by atoms with van der Waals surface area (Å²) in [6.07, 6.45) is 16.2. The minimum atomic E-state index is -3.91. The van der Waals surface area contributed by atoms with E-state index >= 15 is 0 Å². The van der Waals surface area contributed by atoms with E-state index in [9.17, 15) is 14.0 Å². The molecule has 0 aliphatic heterocycles. The van der Waals surface area contributed by atoms with Gasteiger partial charge in [-0.25, -0.2) is 4.57 Å². The molecule has 2 atom stereocenters. The predicted molar refractivity (Wildman–Crippen MR) is 126 cm³/mol. The highest BCUT2D eigenvalue weighted by Gasteiger charge is 2.21. The van der Waals surface area contributed by atoms with E-state index < -0.39 is 16.1 Å². The minimum Gasteiger partial charge on any atom is -0.329 e. The summed E-state index contributed by atoms with van der Waals surface area (Å²) in [4.78, 5) is 18.2. The van der Waals surface area contributed by atoms with E-state index in [0.29, 0.717) is 17.6 Å². The SMILES string of the molecule is C[N+](C)(C)CCOP(=O)(O)OCCCCCCCCCCCCCCCCO[PH](=O)O. The maximum Gasteiger partial charge on any atom is 0.472 e. The van der Waals surface area contributed by atoms with Crippen molar-refractivity contribution < 1.29 is 37.0 Å². The number of rotatable bonds is 23. The molecule has 0 aromatic carbocycles. The Morgan fingerprint density at radius 3 is 1.42 bits per heavy atom. The molecule has 0 aliphatic carbocycles. The molecule has 0 heterocycles. The first kappa shape index (κ1) is 31.2. The van der Waals surface area contributed by atoms with Gasteiger partial charge >= 0.3 is 16.1 Å². The molecule has 0 aromatic rings. The van der Waals surface area contributed by atoms with E-state index in [1.54, 1.807) is 0 Å². The van der Waals surface area contributed by atoms with Crippen LogP contribution in [0.25, 0.3) is 0 Å². The molecule has 2 N–H and O–H groups in total. The average molecular weight is 489 g/mol. The highest BCUT2D eigenvalue weighted by atomic mass is 31.2. The van der Waals surface area contributed by atoms with Gasteiger partial charge in [0.15, 0.2) is 0 Å². The van der Waals surface area contributed by atoms with Crippen molar-refractivity contribution in [2.45, 2.75) is 89.9 Å². The number of phosphoric ester groups is 1. The van der Waals surface area contributed by atoms with E-state index in [1.807, 2.05) is 21.1 Å². The summed E-state index contributed by atoms with van der Waals surface area (Å²) in [6.45, 7) is 1.53. The normalized spacial score (nSPS) is 15.1. The maximum absolute atomic E-state index is 11.8. The van der Waals surface area contributed by atoms with Crippen LogP contribution in [0.2, 0.25) is 0 Å². The van der Waals surface area contributed by atoms with E-state index in [2.05, 4.69) is 4.52 Å². The molecule has 0 rings (SSSR count). The first-order chi connectivity index (χ1) is 14.6. The van der Waals surface area contributed by atoms with Crippen LogP contribution in [0.4, 0.5) is 0 Å². The zero-order chi connectivity index (χ0) is 23.4. The minimum absolute atomic E-state index is 0.211. The number of quaternary nitrogens is 1. The number of hydrogen-bond acceptors (Lipinski definition) is 5. The molecule has 0 saturated heterocycles. The van der Waals surface area contributed by atoms with Crippen LogP contribution in [0.3, 0.4) is 0 Å². The van der Waals surface area contributed by atoms with Crippen LogP contribution in [0, 0.1) is 0 Å². The molecule has 0 aliphatic rings. The Morgan fingerprint density at radius 2 is 1.03 bits per heavy atom. The average Bonchev–Trinajstić information content (AvgIpc) is 2.65. The van der Waals surface area contributed by atoms with Gasteiger partial charge in [-0.05, 0) is 12.8 Å². The van der Waals surface area contributed by atoms with Gasteiger partial charge in [0.25, 0.3) is 0 Å². The van der Waals surface area contributed by atoms with Gasteiger partial charge in [0, 0.05) is 0 Å². The largest absolute Gasteiger partial charge is 0.472 e. The van der Waals surface area contributed by atoms with E-state index in [0.717, 1.165) is 32.1 Å². The number of unbranched alkanes of at least 4 members (excludes halogenated alkanes) is 13. The molecular formula is C21H48NO7P2+. The van der Waals surface area contributed by atoms with Crippen LogP contribution in [-0.4, -0.2) is 61.8 Å². The summed E-state index contributed by atoms with van der Waals surface area (Å²) in [6, 6.07) is 0. The zero-order valence-corrected chi connectivity index (χ0v) is 22.0. The van der Waals surface area contributed by atoms with Crippen LogP contribution in [0.1, 0.15) is 89.9 Å². The summed E-state index contributed by atoms with van der Waals surface area (Å²) in [7, 11) is -0.648. The predicted octanol–water partition coefficient (Wildman–Crippen LogP) is 5.69. The second-order valence-electron chi connectivity index (χ2n) is 9.21. The third-order valence-electron chi connectivity index (χ3n) is 5.04. The summed E-state index contributed by atoms with van der Waals surface area (Å²) >= 11 is 0. The van der Waals surface area contributed by atoms with Crippen LogP contribution < -0.4 is 0 Å². The maximum atomic E-state index is 11.8. The topological polar surface area (TPSA) is 102 Å². The molecule has 0 bridgehead atoms. The third kappa shape index (κ3) is 26.4. The Kier molecular flexibility index (Phi) is 19.8. The third-order valence-corrected chi connectivity index (χ3v) is 6.50. The molecule has 0 fully saturated rings. The molecular weight excluding hydrogens is 440 g/mol. The highest BCUT2D eigenvalue weighted by Crippen LogP contribution is 2.43. The van der Waals surface area contributed by atoms with Gasteiger partial charge in [-0.2, -0.15) is 0 Å². The molecule has 0 amide bonds. The highest BCUT2D eigenvalue weighted by molar-refractivity contribution is 7.47. The van der Waals surface area contributed by atoms with Crippen molar-refractivity contribution in [3.05, 3.63) is 0 Å². The van der Waals surface area contributed by atoms with Crippen LogP contribution in [0.15, 0.2) is 0 Å². The van der Waals surface area contributed by atoms with Gasteiger partial charge in [0.05, 0.1) is 34.4 Å². The Labute approximate surface area is 190 Å². The fourth-order valence-corrected chi connectivity index (χ4v) is 4.20. The fourth-order valence-electron chi connectivity index (χ4n) is 3.13. The number of hydrogen-bond donors (Lipinski definition) is 2. The lowest BCUT2D eigenvalue weighted by Crippen LogP contribution is -2.37. The Bertz CT molecular complexity index is 487. The number of phosphoric acid groups is 1. The van der Waals surface area contributed by atoms with Gasteiger partial charge in [0.2, 0.25) is 0 Å². The number of likely N-dealkylation sites (N-methyl/N-ethyl adjacent to an activating group) is 1. The van der Waals surface area contributed by atoms with E-state index in [1.165, 1.54) is 57.8 Å². The lowest BCUT2D eigenvalue weighted by molar-refractivity contribution is -0.870. The van der Waals surface area contributed by atoms with Crippen molar-refractivity contribution in [3.8, 4) is 0 Å². The van der Waals surface area contributed by atoms with Crippen molar-refractivity contribution in [2.75, 3.05) is 47.5 Å². The van der Waals surface area contributed by atoms with Crippen molar-refractivity contribution in [3.63, 3.8) is 0 Å². The smallest absolute Gasteiger partial charge is 0.329 e. The van der Waals surface area contributed by atoms with Crippen molar-refractivity contribution in [1.29, 1.82) is 0 Å². The molecule has 0 aromatic heterocycles. The molecule has 2 unspecified atom stereocenters. The lowest BCUT2D eigenvalue weighted by Gasteiger charge is -2.24. The van der Waals surface area contributed by atoms with Gasteiger partial charge < -0.3 is 18.8 Å². The van der Waals surface area contributed by atoms with Crippen LogP contribution >= 0.6 is 16.1 Å². The lowest BCUT2D eigenvalue weighted by atomic mass is 10.0.